The topological polar surface area (TPSA) is 81.0 Å². The molecule has 6 heteroatoms. The van der Waals surface area contributed by atoms with Crippen LogP contribution in [-0.4, -0.2) is 28.3 Å². The minimum atomic E-state index is -0.984. The molecule has 3 N–H and O–H groups in total. The molecule has 1 heterocycles. The molecule has 0 amide bonds. The number of fused-ring (bicyclic) bond motifs is 1. The number of rotatable bonds is 5. The number of carboxylic acids is 1. The molecule has 30 heavy (non-hydrogen) atoms. The number of phenolic OH excluding ortho intramolecular Hbond substituents is 2. The molecule has 0 bridgehead atoms. The van der Waals surface area contributed by atoms with Crippen molar-refractivity contribution < 1.29 is 20.1 Å². The van der Waals surface area contributed by atoms with E-state index in [0.717, 1.165) is 43.5 Å². The van der Waals surface area contributed by atoms with Crippen LogP contribution in [0.4, 0.5) is 11.4 Å². The Labute approximate surface area is 177 Å². The van der Waals surface area contributed by atoms with E-state index in [1.165, 1.54) is 0 Å². The van der Waals surface area contributed by atoms with Crippen molar-refractivity contribution >= 4 is 44.8 Å². The van der Waals surface area contributed by atoms with Gasteiger partial charge in [-0.25, -0.2) is 4.79 Å². The summed E-state index contributed by atoms with van der Waals surface area (Å²) in [4.78, 5) is 13.8. The third kappa shape index (κ3) is 3.86. The van der Waals surface area contributed by atoms with Gasteiger partial charge in [-0.3, -0.25) is 0 Å². The molecule has 150 valence electrons. The van der Waals surface area contributed by atoms with Gasteiger partial charge in [0.15, 0.2) is 0 Å². The Bertz CT molecular complexity index is 1240. The quantitative estimate of drug-likeness (QED) is 0.355. The van der Waals surface area contributed by atoms with Gasteiger partial charge >= 0.3 is 5.97 Å². The lowest BCUT2D eigenvalue weighted by Crippen LogP contribution is -2.09. The second-order valence-corrected chi connectivity index (χ2v) is 7.88. The summed E-state index contributed by atoms with van der Waals surface area (Å²) in [5.74, 6) is -0.565. The SMILES string of the molecule is CN(c1ccc(/C=C/C(=O)O)cc1)c1c(-c2ccc(O)cc2)sc2cc(O)ccc12. The molecule has 0 unspecified atom stereocenters. The van der Waals surface area contributed by atoms with E-state index < -0.39 is 5.97 Å². The van der Waals surface area contributed by atoms with E-state index in [4.69, 9.17) is 5.11 Å². The lowest BCUT2D eigenvalue weighted by atomic mass is 10.1. The molecule has 4 rings (SSSR count). The summed E-state index contributed by atoms with van der Waals surface area (Å²) in [6.45, 7) is 0. The minimum absolute atomic E-state index is 0.206. The number of aromatic hydroxyl groups is 2. The van der Waals surface area contributed by atoms with Crippen molar-refractivity contribution in [2.24, 2.45) is 0 Å². The molecular weight excluding hydrogens is 398 g/mol. The first-order valence-corrected chi connectivity index (χ1v) is 10.0. The van der Waals surface area contributed by atoms with Gasteiger partial charge in [0, 0.05) is 28.9 Å². The zero-order chi connectivity index (χ0) is 21.3. The summed E-state index contributed by atoms with van der Waals surface area (Å²) < 4.78 is 0.959. The number of phenols is 2. The molecule has 4 aromatic rings. The predicted octanol–water partition coefficient (Wildman–Crippen LogP) is 5.85. The monoisotopic (exact) mass is 417 g/mol. The van der Waals surface area contributed by atoms with Crippen LogP contribution in [0.3, 0.4) is 0 Å². The number of hydrogen-bond acceptors (Lipinski definition) is 5. The lowest BCUT2D eigenvalue weighted by Gasteiger charge is -2.21. The van der Waals surface area contributed by atoms with Gasteiger partial charge in [0.05, 0.1) is 10.6 Å². The number of benzene rings is 3. The summed E-state index contributed by atoms with van der Waals surface area (Å²) in [7, 11) is 1.97. The van der Waals surface area contributed by atoms with Gasteiger partial charge in [0.25, 0.3) is 0 Å². The number of aliphatic carboxylic acids is 1. The van der Waals surface area contributed by atoms with E-state index in [1.807, 2.05) is 49.5 Å². The number of carboxylic acid groups (broad SMARTS) is 1. The van der Waals surface area contributed by atoms with Crippen LogP contribution in [0.15, 0.2) is 72.8 Å². The molecule has 0 aliphatic heterocycles. The molecule has 0 atom stereocenters. The normalized spacial score (nSPS) is 11.2. The van der Waals surface area contributed by atoms with Crippen molar-refractivity contribution in [3.8, 4) is 21.9 Å². The summed E-state index contributed by atoms with van der Waals surface area (Å²) in [6.07, 6.45) is 2.66. The molecular formula is C24H19NO4S. The Hall–Kier alpha value is -3.77. The third-order valence-electron chi connectivity index (χ3n) is 4.81. The largest absolute Gasteiger partial charge is 0.508 e. The van der Waals surface area contributed by atoms with Crippen LogP contribution in [0.25, 0.3) is 26.6 Å². The van der Waals surface area contributed by atoms with E-state index in [1.54, 1.807) is 41.7 Å². The second kappa shape index (κ2) is 7.93. The molecule has 0 fully saturated rings. The van der Waals surface area contributed by atoms with E-state index in [-0.39, 0.29) is 11.5 Å². The zero-order valence-electron chi connectivity index (χ0n) is 16.1. The first-order chi connectivity index (χ1) is 14.4. The van der Waals surface area contributed by atoms with Crippen molar-refractivity contribution in [2.45, 2.75) is 0 Å². The maximum atomic E-state index is 10.7. The van der Waals surface area contributed by atoms with E-state index in [9.17, 15) is 15.0 Å². The summed E-state index contributed by atoms with van der Waals surface area (Å²) in [5.41, 5.74) is 3.70. The first-order valence-electron chi connectivity index (χ1n) is 9.22. The Morgan fingerprint density at radius 2 is 1.60 bits per heavy atom. The van der Waals surface area contributed by atoms with Crippen molar-refractivity contribution in [3.63, 3.8) is 0 Å². The number of hydrogen-bond donors (Lipinski definition) is 3. The molecule has 3 aromatic carbocycles. The van der Waals surface area contributed by atoms with Crippen LogP contribution in [-0.2, 0) is 4.79 Å². The van der Waals surface area contributed by atoms with Crippen molar-refractivity contribution in [3.05, 3.63) is 78.4 Å². The van der Waals surface area contributed by atoms with Gasteiger partial charge in [-0.1, -0.05) is 12.1 Å². The minimum Gasteiger partial charge on any atom is -0.508 e. The highest BCUT2D eigenvalue weighted by Crippen LogP contribution is 2.47. The van der Waals surface area contributed by atoms with Gasteiger partial charge in [0.1, 0.15) is 11.5 Å². The maximum absolute atomic E-state index is 10.7. The van der Waals surface area contributed by atoms with Gasteiger partial charge in [-0.15, -0.1) is 11.3 Å². The highest BCUT2D eigenvalue weighted by molar-refractivity contribution is 7.23. The molecule has 0 saturated carbocycles. The van der Waals surface area contributed by atoms with Gasteiger partial charge in [-0.2, -0.15) is 0 Å². The molecule has 5 nitrogen and oxygen atoms in total. The fourth-order valence-corrected chi connectivity index (χ4v) is 4.59. The Morgan fingerprint density at radius 3 is 2.27 bits per heavy atom. The molecule has 0 aliphatic carbocycles. The van der Waals surface area contributed by atoms with Crippen molar-refractivity contribution in [1.82, 2.24) is 0 Å². The van der Waals surface area contributed by atoms with E-state index >= 15 is 0 Å². The van der Waals surface area contributed by atoms with Gasteiger partial charge in [0.2, 0.25) is 0 Å². The highest BCUT2D eigenvalue weighted by atomic mass is 32.1. The van der Waals surface area contributed by atoms with Crippen LogP contribution in [0, 0.1) is 0 Å². The number of anilines is 2. The molecule has 0 spiro atoms. The highest BCUT2D eigenvalue weighted by Gasteiger charge is 2.19. The fourth-order valence-electron chi connectivity index (χ4n) is 3.32. The number of carbonyl (C=O) groups is 1. The van der Waals surface area contributed by atoms with Crippen LogP contribution in [0.2, 0.25) is 0 Å². The van der Waals surface area contributed by atoms with E-state index in [0.29, 0.717) is 0 Å². The zero-order valence-corrected chi connectivity index (χ0v) is 16.9. The fraction of sp³-hybridized carbons (Fsp3) is 0.0417. The maximum Gasteiger partial charge on any atom is 0.328 e. The Kier molecular flexibility index (Phi) is 5.16. The van der Waals surface area contributed by atoms with Gasteiger partial charge in [-0.05, 0) is 71.8 Å². The summed E-state index contributed by atoms with van der Waals surface area (Å²) >= 11 is 1.57. The standard InChI is InChI=1S/C24H19NO4S/c1-25(17-7-2-15(3-8-17)4-13-22(28)29)23-20-12-11-19(27)14-21(20)30-24(23)16-5-9-18(26)10-6-16/h2-14,26-27H,1H3,(H,28,29)/b13-4+. The average Bonchev–Trinajstić information content (AvgIpc) is 3.11. The molecule has 0 saturated heterocycles. The van der Waals surface area contributed by atoms with E-state index in [2.05, 4.69) is 4.90 Å². The van der Waals surface area contributed by atoms with Crippen LogP contribution in [0.1, 0.15) is 5.56 Å². The molecule has 1 aromatic heterocycles. The predicted molar refractivity (Wildman–Crippen MR) is 122 cm³/mol. The Balaban J connectivity index is 1.81. The summed E-state index contributed by atoms with van der Waals surface area (Å²) in [6, 6.07) is 20.0. The Morgan fingerprint density at radius 1 is 0.933 bits per heavy atom. The number of nitrogens with zero attached hydrogens (tertiary/aromatic N) is 1. The van der Waals surface area contributed by atoms with Crippen molar-refractivity contribution in [2.75, 3.05) is 11.9 Å². The van der Waals surface area contributed by atoms with Gasteiger partial charge < -0.3 is 20.2 Å². The smallest absolute Gasteiger partial charge is 0.328 e. The molecule has 0 aliphatic rings. The summed E-state index contributed by atoms with van der Waals surface area (Å²) in [5, 5.41) is 29.4. The van der Waals surface area contributed by atoms with Crippen LogP contribution >= 0.6 is 11.3 Å². The average molecular weight is 417 g/mol. The van der Waals surface area contributed by atoms with Crippen LogP contribution in [0.5, 0.6) is 11.5 Å². The first kappa shape index (κ1) is 19.5. The second-order valence-electron chi connectivity index (χ2n) is 6.83. The van der Waals surface area contributed by atoms with Crippen molar-refractivity contribution in [1.29, 1.82) is 0 Å². The lowest BCUT2D eigenvalue weighted by molar-refractivity contribution is -0.131. The van der Waals surface area contributed by atoms with Crippen LogP contribution < -0.4 is 4.90 Å². The number of thiophene rings is 1. The molecule has 0 radical (unpaired) electrons. The third-order valence-corrected chi connectivity index (χ3v) is 6.00.